The first-order valence-corrected chi connectivity index (χ1v) is 5.88. The zero-order chi connectivity index (χ0) is 10.9. The maximum absolute atomic E-state index is 8.85. The van der Waals surface area contributed by atoms with Gasteiger partial charge in [0, 0.05) is 26.1 Å². The molecule has 0 unspecified atom stereocenters. The van der Waals surface area contributed by atoms with E-state index in [4.69, 9.17) is 5.11 Å². The molecule has 3 nitrogen and oxygen atoms in total. The number of aliphatic imine (C=N–C) groups is 1. The van der Waals surface area contributed by atoms with Gasteiger partial charge in [0.1, 0.15) is 0 Å². The Hall–Kier alpha value is -0.830. The Kier molecular flexibility index (Phi) is 6.09. The number of aliphatic hydroxyl groups is 1. The van der Waals surface area contributed by atoms with Gasteiger partial charge >= 0.3 is 0 Å². The van der Waals surface area contributed by atoms with Gasteiger partial charge in [-0.3, -0.25) is 4.99 Å². The van der Waals surface area contributed by atoms with E-state index in [0.29, 0.717) is 6.54 Å². The van der Waals surface area contributed by atoms with Crippen LogP contribution in [0.4, 0.5) is 0 Å². The van der Waals surface area contributed by atoms with Crippen molar-refractivity contribution in [2.45, 2.75) is 32.1 Å². The summed E-state index contributed by atoms with van der Waals surface area (Å²) >= 11 is 0. The Morgan fingerprint density at radius 3 is 3.00 bits per heavy atom. The Bertz CT molecular complexity index is 214. The predicted octanol–water partition coefficient (Wildman–Crippen LogP) is 1.83. The highest BCUT2D eigenvalue weighted by Gasteiger charge is 2.13. The monoisotopic (exact) mass is 210 g/mol. The molecular formula is C12H22N2O. The second-order valence-electron chi connectivity index (χ2n) is 3.92. The third kappa shape index (κ3) is 4.47. The van der Waals surface area contributed by atoms with Gasteiger partial charge in [0.15, 0.2) is 0 Å². The van der Waals surface area contributed by atoms with E-state index < -0.39 is 0 Å². The molecule has 0 aromatic carbocycles. The van der Waals surface area contributed by atoms with E-state index >= 15 is 0 Å². The molecule has 0 amide bonds. The molecule has 1 aliphatic heterocycles. The molecule has 0 aromatic heterocycles. The molecule has 1 N–H and O–H groups in total. The van der Waals surface area contributed by atoms with Gasteiger partial charge in [-0.25, -0.2) is 0 Å². The van der Waals surface area contributed by atoms with Crippen molar-refractivity contribution in [3.63, 3.8) is 0 Å². The molecule has 0 atom stereocenters. The maximum Gasteiger partial charge on any atom is 0.0992 e. The molecule has 0 saturated carbocycles. The largest absolute Gasteiger partial charge is 0.396 e. The summed E-state index contributed by atoms with van der Waals surface area (Å²) in [6, 6.07) is 0. The quantitative estimate of drug-likeness (QED) is 0.703. The minimum atomic E-state index is 0.269. The Morgan fingerprint density at radius 1 is 1.40 bits per heavy atom. The first-order chi connectivity index (χ1) is 7.38. The van der Waals surface area contributed by atoms with E-state index in [0.717, 1.165) is 25.9 Å². The topological polar surface area (TPSA) is 35.8 Å². The number of hydrogen-bond acceptors (Lipinski definition) is 2. The van der Waals surface area contributed by atoms with Gasteiger partial charge < -0.3 is 10.0 Å². The molecule has 1 saturated heterocycles. The van der Waals surface area contributed by atoms with Crippen LogP contribution in [-0.4, -0.2) is 42.1 Å². The minimum absolute atomic E-state index is 0.269. The number of amidine groups is 1. The van der Waals surface area contributed by atoms with E-state index in [1.54, 1.807) is 0 Å². The van der Waals surface area contributed by atoms with E-state index in [1.165, 1.54) is 25.1 Å². The molecule has 86 valence electrons. The first kappa shape index (κ1) is 12.2. The summed E-state index contributed by atoms with van der Waals surface area (Å²) in [6.07, 6.45) is 7.54. The Morgan fingerprint density at radius 2 is 2.27 bits per heavy atom. The highest BCUT2D eigenvalue weighted by Crippen LogP contribution is 2.12. The van der Waals surface area contributed by atoms with Crippen LogP contribution in [-0.2, 0) is 0 Å². The molecule has 0 spiro atoms. The second-order valence-corrected chi connectivity index (χ2v) is 3.92. The Labute approximate surface area is 92.5 Å². The average Bonchev–Trinajstić information content (AvgIpc) is 2.48. The first-order valence-electron chi connectivity index (χ1n) is 5.88. The van der Waals surface area contributed by atoms with E-state index in [9.17, 15) is 0 Å². The summed E-state index contributed by atoms with van der Waals surface area (Å²) in [5.74, 6) is 1.21. The number of likely N-dealkylation sites (tertiary alicyclic amines) is 1. The molecule has 1 aliphatic rings. The maximum atomic E-state index is 8.85. The van der Waals surface area contributed by atoms with Crippen LogP contribution in [0.3, 0.4) is 0 Å². The van der Waals surface area contributed by atoms with E-state index in [2.05, 4.69) is 16.5 Å². The highest BCUT2D eigenvalue weighted by molar-refractivity contribution is 5.82. The number of nitrogens with zero attached hydrogens (tertiary/aromatic N) is 2. The molecule has 1 rings (SSSR count). The fourth-order valence-electron chi connectivity index (χ4n) is 1.90. The smallest absolute Gasteiger partial charge is 0.0992 e. The molecule has 1 fully saturated rings. The lowest BCUT2D eigenvalue weighted by Crippen LogP contribution is -2.32. The lowest BCUT2D eigenvalue weighted by atomic mass is 10.2. The number of hydrogen-bond donors (Lipinski definition) is 1. The summed E-state index contributed by atoms with van der Waals surface area (Å²) in [5.41, 5.74) is 0. The van der Waals surface area contributed by atoms with Crippen LogP contribution in [0.15, 0.2) is 17.6 Å². The zero-order valence-corrected chi connectivity index (χ0v) is 9.49. The van der Waals surface area contributed by atoms with E-state index in [1.807, 2.05) is 6.08 Å². The minimum Gasteiger partial charge on any atom is -0.396 e. The molecular weight excluding hydrogens is 188 g/mol. The van der Waals surface area contributed by atoms with Crippen LogP contribution in [0.2, 0.25) is 0 Å². The fraction of sp³-hybridized carbons (Fsp3) is 0.750. The lowest BCUT2D eigenvalue weighted by Gasteiger charge is -2.23. The predicted molar refractivity (Wildman–Crippen MR) is 64.2 cm³/mol. The molecule has 1 heterocycles. The summed E-state index contributed by atoms with van der Waals surface area (Å²) in [6.45, 7) is 6.70. The molecule has 0 aromatic rings. The highest BCUT2D eigenvalue weighted by atomic mass is 16.3. The van der Waals surface area contributed by atoms with Crippen LogP contribution >= 0.6 is 0 Å². The fourth-order valence-corrected chi connectivity index (χ4v) is 1.90. The summed E-state index contributed by atoms with van der Waals surface area (Å²) in [5, 5.41) is 8.85. The van der Waals surface area contributed by atoms with Gasteiger partial charge in [0.05, 0.1) is 12.4 Å². The Balaban J connectivity index is 2.54. The average molecular weight is 210 g/mol. The second kappa shape index (κ2) is 7.46. The van der Waals surface area contributed by atoms with Crippen LogP contribution in [0.25, 0.3) is 0 Å². The van der Waals surface area contributed by atoms with Gasteiger partial charge in [0.25, 0.3) is 0 Å². The van der Waals surface area contributed by atoms with Crippen LogP contribution in [0, 0.1) is 0 Å². The van der Waals surface area contributed by atoms with Crippen molar-refractivity contribution in [1.82, 2.24) is 4.90 Å². The van der Waals surface area contributed by atoms with Gasteiger partial charge in [-0.15, -0.1) is 6.58 Å². The SMILES string of the molecule is C=CCN=C1CCCCCN1CCCO. The summed E-state index contributed by atoms with van der Waals surface area (Å²) < 4.78 is 0. The van der Waals surface area contributed by atoms with Crippen molar-refractivity contribution in [3.8, 4) is 0 Å². The van der Waals surface area contributed by atoms with Gasteiger partial charge in [-0.2, -0.15) is 0 Å². The zero-order valence-electron chi connectivity index (χ0n) is 9.49. The van der Waals surface area contributed by atoms with Crippen molar-refractivity contribution < 1.29 is 5.11 Å². The standard InChI is InChI=1S/C12H22N2O/c1-2-8-13-12-7-4-3-5-9-14(12)10-6-11-15/h2,15H,1,3-11H2. The van der Waals surface area contributed by atoms with Crippen molar-refractivity contribution in [2.24, 2.45) is 4.99 Å². The number of aliphatic hydroxyl groups excluding tert-OH is 1. The van der Waals surface area contributed by atoms with Crippen molar-refractivity contribution >= 4 is 5.84 Å². The molecule has 0 aliphatic carbocycles. The molecule has 0 radical (unpaired) electrons. The summed E-state index contributed by atoms with van der Waals surface area (Å²) in [7, 11) is 0. The molecule has 3 heteroatoms. The third-order valence-corrected chi connectivity index (χ3v) is 2.68. The molecule has 15 heavy (non-hydrogen) atoms. The van der Waals surface area contributed by atoms with Gasteiger partial charge in [-0.05, 0) is 19.3 Å². The van der Waals surface area contributed by atoms with Crippen molar-refractivity contribution in [3.05, 3.63) is 12.7 Å². The van der Waals surface area contributed by atoms with Crippen molar-refractivity contribution in [2.75, 3.05) is 26.2 Å². The lowest BCUT2D eigenvalue weighted by molar-refractivity contribution is 0.266. The van der Waals surface area contributed by atoms with Crippen LogP contribution in [0.5, 0.6) is 0 Å². The van der Waals surface area contributed by atoms with Gasteiger partial charge in [-0.1, -0.05) is 12.5 Å². The van der Waals surface area contributed by atoms with Gasteiger partial charge in [0.2, 0.25) is 0 Å². The normalized spacial score (nSPS) is 20.3. The molecule has 0 bridgehead atoms. The van der Waals surface area contributed by atoms with Crippen molar-refractivity contribution in [1.29, 1.82) is 0 Å². The van der Waals surface area contributed by atoms with E-state index in [-0.39, 0.29) is 6.61 Å². The van der Waals surface area contributed by atoms with Crippen LogP contribution in [0.1, 0.15) is 32.1 Å². The summed E-state index contributed by atoms with van der Waals surface area (Å²) in [4.78, 5) is 6.87. The number of rotatable bonds is 5. The third-order valence-electron chi connectivity index (χ3n) is 2.68. The van der Waals surface area contributed by atoms with Crippen LogP contribution < -0.4 is 0 Å².